The van der Waals surface area contributed by atoms with Gasteiger partial charge in [-0.2, -0.15) is 0 Å². The van der Waals surface area contributed by atoms with Gasteiger partial charge in [-0.05, 0) is 56.0 Å². The lowest BCUT2D eigenvalue weighted by molar-refractivity contribution is 0.305. The predicted octanol–water partition coefficient (Wildman–Crippen LogP) is 4.54. The van der Waals surface area contributed by atoms with E-state index >= 15 is 0 Å². The minimum atomic E-state index is 0.475. The Morgan fingerprint density at radius 2 is 1.85 bits per heavy atom. The molecule has 0 bridgehead atoms. The van der Waals surface area contributed by atoms with Gasteiger partial charge >= 0.3 is 0 Å². The summed E-state index contributed by atoms with van der Waals surface area (Å²) in [7, 11) is 3.84. The van der Waals surface area contributed by atoms with Gasteiger partial charge < -0.3 is 10.1 Å². The number of benzene rings is 1. The van der Waals surface area contributed by atoms with E-state index in [1.165, 1.54) is 55.2 Å². The van der Waals surface area contributed by atoms with Crippen molar-refractivity contribution in [2.45, 2.75) is 58.4 Å². The van der Waals surface area contributed by atoms with Crippen molar-refractivity contribution in [1.82, 2.24) is 5.32 Å². The summed E-state index contributed by atoms with van der Waals surface area (Å²) < 4.78 is 5.42. The van der Waals surface area contributed by atoms with Crippen molar-refractivity contribution in [3.63, 3.8) is 0 Å². The van der Waals surface area contributed by atoms with Crippen LogP contribution in [0.2, 0.25) is 0 Å². The predicted molar refractivity (Wildman–Crippen MR) is 85.5 cm³/mol. The molecule has 0 heterocycles. The Labute approximate surface area is 123 Å². The van der Waals surface area contributed by atoms with Gasteiger partial charge in [-0.25, -0.2) is 0 Å². The van der Waals surface area contributed by atoms with Crippen molar-refractivity contribution in [2.24, 2.45) is 5.92 Å². The SMILES string of the molecule is CNC(CC1CCCCC1)c1cc(C)c(OC)cc1C. The summed E-state index contributed by atoms with van der Waals surface area (Å²) >= 11 is 0. The molecule has 1 fully saturated rings. The van der Waals surface area contributed by atoms with Crippen molar-refractivity contribution in [3.8, 4) is 5.75 Å². The number of hydrogen-bond donors (Lipinski definition) is 1. The van der Waals surface area contributed by atoms with E-state index in [1.807, 2.05) is 0 Å². The molecule has 1 saturated carbocycles. The zero-order valence-electron chi connectivity index (χ0n) is 13.5. The highest BCUT2D eigenvalue weighted by Gasteiger charge is 2.21. The van der Waals surface area contributed by atoms with Crippen LogP contribution in [0.15, 0.2) is 12.1 Å². The average molecular weight is 275 g/mol. The number of hydrogen-bond acceptors (Lipinski definition) is 2. The van der Waals surface area contributed by atoms with E-state index in [2.05, 4.69) is 38.3 Å². The van der Waals surface area contributed by atoms with E-state index in [0.29, 0.717) is 6.04 Å². The van der Waals surface area contributed by atoms with Crippen molar-refractivity contribution < 1.29 is 4.74 Å². The molecule has 1 aromatic carbocycles. The third-order valence-electron chi connectivity index (χ3n) is 4.80. The first-order valence-electron chi connectivity index (χ1n) is 7.98. The zero-order chi connectivity index (χ0) is 14.5. The van der Waals surface area contributed by atoms with Crippen molar-refractivity contribution >= 4 is 0 Å². The zero-order valence-corrected chi connectivity index (χ0v) is 13.5. The standard InChI is InChI=1S/C18H29NO/c1-13-11-18(20-4)14(2)10-16(13)17(19-3)12-15-8-6-5-7-9-15/h10-11,15,17,19H,5-9,12H2,1-4H3. The van der Waals surface area contributed by atoms with Gasteiger partial charge in [-0.3, -0.25) is 0 Å². The molecule has 0 aliphatic heterocycles. The Morgan fingerprint density at radius 3 is 2.45 bits per heavy atom. The second kappa shape index (κ2) is 7.12. The molecule has 112 valence electrons. The lowest BCUT2D eigenvalue weighted by atomic mass is 9.82. The monoisotopic (exact) mass is 275 g/mol. The van der Waals surface area contributed by atoms with Crippen LogP contribution in [-0.2, 0) is 0 Å². The molecule has 20 heavy (non-hydrogen) atoms. The first-order chi connectivity index (χ1) is 9.65. The highest BCUT2D eigenvalue weighted by molar-refractivity contribution is 5.42. The second-order valence-electron chi connectivity index (χ2n) is 6.26. The molecule has 1 unspecified atom stereocenters. The molecule has 1 atom stereocenters. The van der Waals surface area contributed by atoms with E-state index in [4.69, 9.17) is 4.74 Å². The fraction of sp³-hybridized carbons (Fsp3) is 0.667. The Morgan fingerprint density at radius 1 is 1.15 bits per heavy atom. The van der Waals surface area contributed by atoms with Gasteiger partial charge in [0.15, 0.2) is 0 Å². The van der Waals surface area contributed by atoms with Crippen LogP contribution in [0.5, 0.6) is 5.75 Å². The third-order valence-corrected chi connectivity index (χ3v) is 4.80. The Kier molecular flexibility index (Phi) is 5.47. The minimum Gasteiger partial charge on any atom is -0.496 e. The summed E-state index contributed by atoms with van der Waals surface area (Å²) in [6, 6.07) is 4.95. The number of rotatable bonds is 5. The van der Waals surface area contributed by atoms with Gasteiger partial charge in [0.05, 0.1) is 7.11 Å². The lowest BCUT2D eigenvalue weighted by Crippen LogP contribution is -2.22. The fourth-order valence-corrected chi connectivity index (χ4v) is 3.56. The summed E-state index contributed by atoms with van der Waals surface area (Å²) in [4.78, 5) is 0. The molecular formula is C18H29NO. The topological polar surface area (TPSA) is 21.3 Å². The molecule has 1 aliphatic carbocycles. The summed E-state index contributed by atoms with van der Waals surface area (Å²) in [5.74, 6) is 1.89. The van der Waals surface area contributed by atoms with Gasteiger partial charge in [-0.1, -0.05) is 38.2 Å². The van der Waals surface area contributed by atoms with Gasteiger partial charge in [0, 0.05) is 6.04 Å². The minimum absolute atomic E-state index is 0.475. The van der Waals surface area contributed by atoms with Crippen LogP contribution < -0.4 is 10.1 Å². The molecule has 0 spiro atoms. The highest BCUT2D eigenvalue weighted by Crippen LogP contribution is 2.34. The number of methoxy groups -OCH3 is 1. The van der Waals surface area contributed by atoms with Gasteiger partial charge in [-0.15, -0.1) is 0 Å². The van der Waals surface area contributed by atoms with E-state index in [-0.39, 0.29) is 0 Å². The van der Waals surface area contributed by atoms with Gasteiger partial charge in [0.25, 0.3) is 0 Å². The summed E-state index contributed by atoms with van der Waals surface area (Å²) in [6.45, 7) is 4.33. The molecular weight excluding hydrogens is 246 g/mol. The van der Waals surface area contributed by atoms with Crippen molar-refractivity contribution in [1.29, 1.82) is 0 Å². The van der Waals surface area contributed by atoms with Crippen LogP contribution in [-0.4, -0.2) is 14.2 Å². The first-order valence-corrected chi connectivity index (χ1v) is 7.98. The number of aryl methyl sites for hydroxylation is 2. The maximum absolute atomic E-state index is 5.42. The lowest BCUT2D eigenvalue weighted by Gasteiger charge is -2.28. The van der Waals surface area contributed by atoms with Crippen LogP contribution in [0, 0.1) is 19.8 Å². The van der Waals surface area contributed by atoms with Gasteiger partial charge in [0.1, 0.15) is 5.75 Å². The van der Waals surface area contributed by atoms with Gasteiger partial charge in [0.2, 0.25) is 0 Å². The molecule has 0 saturated heterocycles. The van der Waals surface area contributed by atoms with E-state index in [0.717, 1.165) is 11.7 Å². The molecule has 2 nitrogen and oxygen atoms in total. The van der Waals surface area contributed by atoms with Crippen molar-refractivity contribution in [3.05, 3.63) is 28.8 Å². The van der Waals surface area contributed by atoms with Crippen molar-refractivity contribution in [2.75, 3.05) is 14.2 Å². The first kappa shape index (κ1) is 15.4. The smallest absolute Gasteiger partial charge is 0.122 e. The highest BCUT2D eigenvalue weighted by atomic mass is 16.5. The van der Waals surface area contributed by atoms with E-state index in [1.54, 1.807) is 7.11 Å². The number of ether oxygens (including phenoxy) is 1. The summed E-state index contributed by atoms with van der Waals surface area (Å²) in [6.07, 6.45) is 8.35. The maximum Gasteiger partial charge on any atom is 0.122 e. The molecule has 2 rings (SSSR count). The van der Waals surface area contributed by atoms with E-state index in [9.17, 15) is 0 Å². The summed E-state index contributed by atoms with van der Waals surface area (Å²) in [5.41, 5.74) is 4.01. The largest absolute Gasteiger partial charge is 0.496 e. The van der Waals surface area contributed by atoms with Crippen LogP contribution in [0.3, 0.4) is 0 Å². The normalized spacial score (nSPS) is 18.0. The molecule has 1 N–H and O–H groups in total. The Hall–Kier alpha value is -1.02. The van der Waals surface area contributed by atoms with E-state index < -0.39 is 0 Å². The average Bonchev–Trinajstić information content (AvgIpc) is 2.48. The van der Waals surface area contributed by atoms with Crippen LogP contribution >= 0.6 is 0 Å². The third kappa shape index (κ3) is 3.54. The molecule has 1 aliphatic rings. The quantitative estimate of drug-likeness (QED) is 0.851. The summed E-state index contributed by atoms with van der Waals surface area (Å²) in [5, 5.41) is 3.53. The van der Waals surface area contributed by atoms with Crippen LogP contribution in [0.4, 0.5) is 0 Å². The molecule has 0 aromatic heterocycles. The Balaban J connectivity index is 2.16. The van der Waals surface area contributed by atoms with Crippen LogP contribution in [0.1, 0.15) is 61.3 Å². The molecule has 0 amide bonds. The maximum atomic E-state index is 5.42. The Bertz CT molecular complexity index is 435. The second-order valence-corrected chi connectivity index (χ2v) is 6.26. The fourth-order valence-electron chi connectivity index (χ4n) is 3.56. The molecule has 0 radical (unpaired) electrons. The molecule has 1 aromatic rings. The van der Waals surface area contributed by atoms with Crippen LogP contribution in [0.25, 0.3) is 0 Å². The number of nitrogens with one attached hydrogen (secondary N) is 1. The molecule has 2 heteroatoms.